The number of alkyl halides is 1. The van der Waals surface area contributed by atoms with E-state index in [1.54, 1.807) is 7.11 Å². The smallest absolute Gasteiger partial charge is 0.123 e. The Bertz CT molecular complexity index is 316. The van der Waals surface area contributed by atoms with Gasteiger partial charge in [0.15, 0.2) is 0 Å². The van der Waals surface area contributed by atoms with Gasteiger partial charge in [-0.15, -0.1) is 0 Å². The van der Waals surface area contributed by atoms with Crippen LogP contribution in [0.3, 0.4) is 0 Å². The lowest BCUT2D eigenvalue weighted by molar-refractivity contribution is 0.400. The highest BCUT2D eigenvalue weighted by Gasteiger charge is 2.32. The summed E-state index contributed by atoms with van der Waals surface area (Å²) in [6, 6.07) is 8.93. The summed E-state index contributed by atoms with van der Waals surface area (Å²) >= 11 is 3.49. The number of halogens is 1. The molecule has 2 nitrogen and oxygen atoms in total. The minimum absolute atomic E-state index is 0.722. The number of rotatable bonds is 4. The standard InChI is InChI=1S/C11H14BrNO/c1-14-11-5-3-2-4-9(11)7-13-8-10(13)6-12/h2-5,10H,6-8H2,1H3/t10-,13?/m0/s1. The van der Waals surface area contributed by atoms with Crippen LogP contribution in [0, 0.1) is 0 Å². The third-order valence-corrected chi connectivity index (χ3v) is 3.32. The van der Waals surface area contributed by atoms with E-state index in [0.29, 0.717) is 0 Å². The average Bonchev–Trinajstić information content (AvgIpc) is 2.97. The molecular weight excluding hydrogens is 242 g/mol. The van der Waals surface area contributed by atoms with Crippen LogP contribution in [0.5, 0.6) is 5.75 Å². The number of hydrogen-bond acceptors (Lipinski definition) is 2. The Kier molecular flexibility index (Phi) is 3.08. The Morgan fingerprint density at radius 1 is 1.50 bits per heavy atom. The Labute approximate surface area is 93.0 Å². The highest BCUT2D eigenvalue weighted by atomic mass is 79.9. The molecule has 1 heterocycles. The van der Waals surface area contributed by atoms with Crippen molar-refractivity contribution >= 4 is 15.9 Å². The molecule has 3 heteroatoms. The van der Waals surface area contributed by atoms with Gasteiger partial charge in [0.25, 0.3) is 0 Å². The van der Waals surface area contributed by atoms with Gasteiger partial charge in [-0.2, -0.15) is 0 Å². The topological polar surface area (TPSA) is 12.2 Å². The van der Waals surface area contributed by atoms with Crippen LogP contribution in [-0.4, -0.2) is 29.9 Å². The molecule has 0 aromatic heterocycles. The first-order chi connectivity index (χ1) is 6.85. The molecule has 0 amide bonds. The molecule has 2 atom stereocenters. The third-order valence-electron chi connectivity index (χ3n) is 2.57. The van der Waals surface area contributed by atoms with Crippen LogP contribution < -0.4 is 4.74 Å². The molecule has 1 aromatic carbocycles. The Balaban J connectivity index is 2.02. The first-order valence-corrected chi connectivity index (χ1v) is 5.89. The molecule has 2 rings (SSSR count). The third kappa shape index (κ3) is 2.10. The van der Waals surface area contributed by atoms with Crippen molar-refractivity contribution < 1.29 is 4.74 Å². The van der Waals surface area contributed by atoms with Crippen molar-refractivity contribution in [1.82, 2.24) is 4.90 Å². The van der Waals surface area contributed by atoms with Crippen molar-refractivity contribution in [2.45, 2.75) is 12.6 Å². The fraction of sp³-hybridized carbons (Fsp3) is 0.455. The van der Waals surface area contributed by atoms with Gasteiger partial charge in [-0.25, -0.2) is 0 Å². The summed E-state index contributed by atoms with van der Waals surface area (Å²) in [6.07, 6.45) is 0. The molecule has 0 N–H and O–H groups in total. The number of benzene rings is 1. The molecular formula is C11H14BrNO. The van der Waals surface area contributed by atoms with E-state index in [-0.39, 0.29) is 0 Å². The highest BCUT2D eigenvalue weighted by Crippen LogP contribution is 2.26. The molecule has 1 fully saturated rings. The number of nitrogens with zero attached hydrogens (tertiary/aromatic N) is 1. The molecule has 0 spiro atoms. The van der Waals surface area contributed by atoms with Crippen molar-refractivity contribution in [1.29, 1.82) is 0 Å². The summed E-state index contributed by atoms with van der Waals surface area (Å²) in [4.78, 5) is 2.42. The van der Waals surface area contributed by atoms with E-state index in [1.165, 1.54) is 12.1 Å². The Morgan fingerprint density at radius 3 is 2.93 bits per heavy atom. The Hall–Kier alpha value is -0.540. The quantitative estimate of drug-likeness (QED) is 0.605. The van der Waals surface area contributed by atoms with E-state index in [0.717, 1.165) is 23.7 Å². The first-order valence-electron chi connectivity index (χ1n) is 4.77. The molecule has 1 aromatic rings. The fourth-order valence-corrected chi connectivity index (χ4v) is 2.23. The molecule has 1 saturated heterocycles. The van der Waals surface area contributed by atoms with Crippen molar-refractivity contribution in [3.8, 4) is 5.75 Å². The van der Waals surface area contributed by atoms with Crippen LogP contribution in [0.4, 0.5) is 0 Å². The summed E-state index contributed by atoms with van der Waals surface area (Å²) in [5, 5.41) is 1.07. The molecule has 1 unspecified atom stereocenters. The maximum atomic E-state index is 5.30. The van der Waals surface area contributed by atoms with Gasteiger partial charge in [0.1, 0.15) is 5.75 Å². The summed E-state index contributed by atoms with van der Waals surface area (Å²) in [5.41, 5.74) is 1.28. The van der Waals surface area contributed by atoms with Gasteiger partial charge in [0.2, 0.25) is 0 Å². The van der Waals surface area contributed by atoms with Gasteiger partial charge >= 0.3 is 0 Å². The van der Waals surface area contributed by atoms with Crippen LogP contribution in [0.15, 0.2) is 24.3 Å². The maximum absolute atomic E-state index is 5.30. The van der Waals surface area contributed by atoms with E-state index in [1.807, 2.05) is 12.1 Å². The lowest BCUT2D eigenvalue weighted by atomic mass is 10.2. The second-order valence-corrected chi connectivity index (χ2v) is 4.20. The predicted octanol–water partition coefficient (Wildman–Crippen LogP) is 2.27. The van der Waals surface area contributed by atoms with Gasteiger partial charge in [-0.3, -0.25) is 4.90 Å². The van der Waals surface area contributed by atoms with Crippen molar-refractivity contribution in [2.24, 2.45) is 0 Å². The normalized spacial score (nSPS) is 24.7. The van der Waals surface area contributed by atoms with E-state index in [4.69, 9.17) is 4.74 Å². The molecule has 0 bridgehead atoms. The molecule has 1 aliphatic heterocycles. The zero-order valence-corrected chi connectivity index (χ0v) is 9.83. The monoisotopic (exact) mass is 255 g/mol. The largest absolute Gasteiger partial charge is 0.496 e. The van der Waals surface area contributed by atoms with Crippen molar-refractivity contribution in [3.05, 3.63) is 29.8 Å². The van der Waals surface area contributed by atoms with Crippen LogP contribution in [0.1, 0.15) is 5.56 Å². The van der Waals surface area contributed by atoms with E-state index < -0.39 is 0 Å². The van der Waals surface area contributed by atoms with Gasteiger partial charge in [0, 0.05) is 30.0 Å². The van der Waals surface area contributed by atoms with Crippen LogP contribution in [0.25, 0.3) is 0 Å². The lowest BCUT2D eigenvalue weighted by Crippen LogP contribution is -2.04. The number of para-hydroxylation sites is 1. The summed E-state index contributed by atoms with van der Waals surface area (Å²) in [5.74, 6) is 0.993. The van der Waals surface area contributed by atoms with Crippen LogP contribution in [-0.2, 0) is 6.54 Å². The average molecular weight is 256 g/mol. The maximum Gasteiger partial charge on any atom is 0.123 e. The zero-order valence-electron chi connectivity index (χ0n) is 8.24. The van der Waals surface area contributed by atoms with E-state index in [2.05, 4.69) is 33.0 Å². The zero-order chi connectivity index (χ0) is 9.97. The van der Waals surface area contributed by atoms with Crippen LogP contribution >= 0.6 is 15.9 Å². The predicted molar refractivity (Wildman–Crippen MR) is 61.0 cm³/mol. The fourth-order valence-electron chi connectivity index (χ4n) is 1.62. The first kappa shape index (κ1) is 9.99. The lowest BCUT2D eigenvalue weighted by Gasteiger charge is -2.08. The number of ether oxygens (including phenoxy) is 1. The highest BCUT2D eigenvalue weighted by molar-refractivity contribution is 9.09. The Morgan fingerprint density at radius 2 is 2.29 bits per heavy atom. The minimum atomic E-state index is 0.722. The van der Waals surface area contributed by atoms with Gasteiger partial charge < -0.3 is 4.74 Å². The molecule has 0 saturated carbocycles. The van der Waals surface area contributed by atoms with Crippen molar-refractivity contribution in [2.75, 3.05) is 19.0 Å². The molecule has 0 radical (unpaired) electrons. The molecule has 14 heavy (non-hydrogen) atoms. The number of methoxy groups -OCH3 is 1. The van der Waals surface area contributed by atoms with Crippen molar-refractivity contribution in [3.63, 3.8) is 0 Å². The summed E-state index contributed by atoms with van der Waals surface area (Å²) < 4.78 is 5.30. The SMILES string of the molecule is COc1ccccc1CN1C[C@@H]1CBr. The van der Waals surface area contributed by atoms with Gasteiger partial charge in [0.05, 0.1) is 7.11 Å². The van der Waals surface area contributed by atoms with Crippen LogP contribution in [0.2, 0.25) is 0 Å². The number of hydrogen-bond donors (Lipinski definition) is 0. The molecule has 76 valence electrons. The summed E-state index contributed by atoms with van der Waals surface area (Å²) in [6.45, 7) is 2.20. The van der Waals surface area contributed by atoms with Gasteiger partial charge in [-0.1, -0.05) is 34.1 Å². The van der Waals surface area contributed by atoms with E-state index >= 15 is 0 Å². The minimum Gasteiger partial charge on any atom is -0.496 e. The van der Waals surface area contributed by atoms with Gasteiger partial charge in [-0.05, 0) is 6.07 Å². The second-order valence-electron chi connectivity index (χ2n) is 3.55. The molecule has 0 aliphatic carbocycles. The van der Waals surface area contributed by atoms with E-state index in [9.17, 15) is 0 Å². The second kappa shape index (κ2) is 4.32. The summed E-state index contributed by atoms with van der Waals surface area (Å²) in [7, 11) is 1.73. The molecule has 1 aliphatic rings.